The first-order chi connectivity index (χ1) is 14.3. The fourth-order valence-corrected chi connectivity index (χ4v) is 3.48. The van der Waals surface area contributed by atoms with E-state index in [4.69, 9.17) is 9.47 Å². The summed E-state index contributed by atoms with van der Waals surface area (Å²) in [6.07, 6.45) is -2.16. The number of nitrogens with zero attached hydrogens (tertiary/aromatic N) is 3. The number of halogens is 1. The summed E-state index contributed by atoms with van der Waals surface area (Å²) >= 11 is 0. The SMILES string of the molecule is COCc1cc(C(=O)Nc2cc(C3CC(F)C(OC(=O)NC(C)C)C3)[nH]n2)n(C)n1. The summed E-state index contributed by atoms with van der Waals surface area (Å²) in [6.45, 7) is 3.91. The number of H-pyrrole nitrogens is 1. The van der Waals surface area contributed by atoms with Crippen molar-refractivity contribution in [1.29, 1.82) is 0 Å². The van der Waals surface area contributed by atoms with Gasteiger partial charge in [-0.1, -0.05) is 0 Å². The van der Waals surface area contributed by atoms with E-state index in [9.17, 15) is 14.0 Å². The van der Waals surface area contributed by atoms with Crippen molar-refractivity contribution >= 4 is 17.8 Å². The third-order valence-electron chi connectivity index (χ3n) is 4.83. The van der Waals surface area contributed by atoms with Crippen molar-refractivity contribution in [2.45, 2.75) is 57.5 Å². The third-order valence-corrected chi connectivity index (χ3v) is 4.83. The maximum atomic E-state index is 14.3. The van der Waals surface area contributed by atoms with Crippen LogP contribution in [0.5, 0.6) is 0 Å². The number of carbonyl (C=O) groups is 2. The van der Waals surface area contributed by atoms with Gasteiger partial charge in [0.2, 0.25) is 0 Å². The number of aromatic nitrogens is 4. The maximum Gasteiger partial charge on any atom is 0.407 e. The van der Waals surface area contributed by atoms with Crippen LogP contribution in [0.15, 0.2) is 12.1 Å². The van der Waals surface area contributed by atoms with Crippen molar-refractivity contribution in [3.05, 3.63) is 29.2 Å². The second-order valence-electron chi connectivity index (χ2n) is 7.67. The van der Waals surface area contributed by atoms with E-state index in [0.717, 1.165) is 0 Å². The molecule has 3 rings (SSSR count). The highest BCUT2D eigenvalue weighted by Crippen LogP contribution is 2.37. The lowest BCUT2D eigenvalue weighted by Crippen LogP contribution is -2.35. The third kappa shape index (κ3) is 5.15. The Balaban J connectivity index is 1.60. The largest absolute Gasteiger partial charge is 0.443 e. The van der Waals surface area contributed by atoms with Crippen LogP contribution in [0.25, 0.3) is 0 Å². The zero-order valence-corrected chi connectivity index (χ0v) is 17.4. The number of carbonyl (C=O) groups excluding carboxylic acids is 2. The van der Waals surface area contributed by atoms with Crippen molar-refractivity contribution in [3.8, 4) is 0 Å². The second kappa shape index (κ2) is 9.24. The molecule has 0 spiro atoms. The van der Waals surface area contributed by atoms with Crippen LogP contribution in [0.3, 0.4) is 0 Å². The molecule has 1 saturated carbocycles. The minimum atomic E-state index is -1.26. The number of anilines is 1. The van der Waals surface area contributed by atoms with E-state index in [1.54, 1.807) is 40.1 Å². The Bertz CT molecular complexity index is 895. The quantitative estimate of drug-likeness (QED) is 0.629. The number of methoxy groups -OCH3 is 1. The van der Waals surface area contributed by atoms with Crippen LogP contribution in [0, 0.1) is 0 Å². The van der Waals surface area contributed by atoms with Crippen LogP contribution < -0.4 is 10.6 Å². The van der Waals surface area contributed by atoms with Gasteiger partial charge in [0.1, 0.15) is 18.0 Å². The number of aromatic amines is 1. The highest BCUT2D eigenvalue weighted by molar-refractivity contribution is 6.02. The monoisotopic (exact) mass is 422 g/mol. The number of hydrogen-bond donors (Lipinski definition) is 3. The molecule has 3 unspecified atom stereocenters. The molecule has 164 valence electrons. The number of nitrogens with one attached hydrogen (secondary N) is 3. The number of alkyl halides is 1. The molecule has 0 aliphatic heterocycles. The topological polar surface area (TPSA) is 123 Å². The normalized spacial score (nSPS) is 21.1. The van der Waals surface area contributed by atoms with E-state index in [1.807, 2.05) is 0 Å². The molecule has 10 nitrogen and oxygen atoms in total. The first kappa shape index (κ1) is 21.8. The van der Waals surface area contributed by atoms with Gasteiger partial charge in [0.25, 0.3) is 5.91 Å². The average Bonchev–Trinajstić information content (AvgIpc) is 3.34. The van der Waals surface area contributed by atoms with Crippen LogP contribution in [-0.2, 0) is 23.1 Å². The summed E-state index contributed by atoms with van der Waals surface area (Å²) in [5, 5.41) is 16.4. The Labute approximate surface area is 173 Å². The molecule has 0 bridgehead atoms. The highest BCUT2D eigenvalue weighted by atomic mass is 19.1. The molecule has 1 aliphatic rings. The molecule has 1 aliphatic carbocycles. The number of hydrogen-bond acceptors (Lipinski definition) is 6. The van der Waals surface area contributed by atoms with E-state index in [1.165, 1.54) is 4.68 Å². The lowest BCUT2D eigenvalue weighted by atomic mass is 10.0. The van der Waals surface area contributed by atoms with Gasteiger partial charge in [0.15, 0.2) is 5.82 Å². The first-order valence-corrected chi connectivity index (χ1v) is 9.76. The van der Waals surface area contributed by atoms with Crippen molar-refractivity contribution < 1.29 is 23.5 Å². The molecule has 3 atom stereocenters. The molecule has 3 N–H and O–H groups in total. The van der Waals surface area contributed by atoms with Crippen molar-refractivity contribution in [3.63, 3.8) is 0 Å². The molecule has 11 heteroatoms. The standard InChI is InChI=1S/C19H27FN6O4/c1-10(2)21-19(28)30-16-6-11(5-13(16)20)14-8-17(24-23-14)22-18(27)15-7-12(9-29-4)25-26(15)3/h7-8,10-11,13,16H,5-6,9H2,1-4H3,(H,21,28)(H2,22,23,24,27). The van der Waals surface area contributed by atoms with Crippen LogP contribution in [0.1, 0.15) is 54.5 Å². The zero-order valence-electron chi connectivity index (χ0n) is 17.4. The van der Waals surface area contributed by atoms with Gasteiger partial charge in [0.05, 0.1) is 12.3 Å². The minimum Gasteiger partial charge on any atom is -0.443 e. The van der Waals surface area contributed by atoms with Gasteiger partial charge in [-0.05, 0) is 32.8 Å². The van der Waals surface area contributed by atoms with Gasteiger partial charge in [0, 0.05) is 37.9 Å². The predicted octanol–water partition coefficient (Wildman–Crippen LogP) is 2.26. The van der Waals surface area contributed by atoms with Crippen LogP contribution in [0.2, 0.25) is 0 Å². The maximum absolute atomic E-state index is 14.3. The molecule has 2 aromatic rings. The van der Waals surface area contributed by atoms with Gasteiger partial charge in [-0.2, -0.15) is 10.2 Å². The van der Waals surface area contributed by atoms with E-state index < -0.39 is 18.4 Å². The van der Waals surface area contributed by atoms with Gasteiger partial charge < -0.3 is 20.1 Å². The van der Waals surface area contributed by atoms with Crippen molar-refractivity contribution in [1.82, 2.24) is 25.3 Å². The molecule has 2 amide bonds. The number of aryl methyl sites for hydroxylation is 1. The van der Waals surface area contributed by atoms with Gasteiger partial charge in [-0.15, -0.1) is 0 Å². The highest BCUT2D eigenvalue weighted by Gasteiger charge is 2.38. The van der Waals surface area contributed by atoms with E-state index >= 15 is 0 Å². The summed E-state index contributed by atoms with van der Waals surface area (Å²) in [7, 11) is 3.22. The van der Waals surface area contributed by atoms with Crippen molar-refractivity contribution in [2.75, 3.05) is 12.4 Å². The molecule has 0 saturated heterocycles. The lowest BCUT2D eigenvalue weighted by Gasteiger charge is -2.16. The second-order valence-corrected chi connectivity index (χ2v) is 7.67. The Morgan fingerprint density at radius 2 is 2.13 bits per heavy atom. The number of ether oxygens (including phenoxy) is 2. The van der Waals surface area contributed by atoms with Gasteiger partial charge in [-0.3, -0.25) is 14.6 Å². The van der Waals surface area contributed by atoms with Crippen molar-refractivity contribution in [2.24, 2.45) is 7.05 Å². The molecular formula is C19H27FN6O4. The van der Waals surface area contributed by atoms with Gasteiger partial charge >= 0.3 is 6.09 Å². The molecule has 0 aromatic carbocycles. The minimum absolute atomic E-state index is 0.0865. The van der Waals surface area contributed by atoms with Crippen LogP contribution >= 0.6 is 0 Å². The van der Waals surface area contributed by atoms with E-state index in [2.05, 4.69) is 25.9 Å². The van der Waals surface area contributed by atoms with Gasteiger partial charge in [-0.25, -0.2) is 9.18 Å². The number of rotatable bonds is 7. The summed E-state index contributed by atoms with van der Waals surface area (Å²) < 4.78 is 26.0. The molecule has 30 heavy (non-hydrogen) atoms. The first-order valence-electron chi connectivity index (χ1n) is 9.76. The summed E-state index contributed by atoms with van der Waals surface area (Å²) in [5.74, 6) is -0.242. The smallest absolute Gasteiger partial charge is 0.407 e. The Kier molecular flexibility index (Phi) is 6.70. The predicted molar refractivity (Wildman–Crippen MR) is 106 cm³/mol. The molecule has 2 aromatic heterocycles. The molecule has 0 radical (unpaired) electrons. The Hall–Kier alpha value is -2.95. The van der Waals surface area contributed by atoms with Crippen LogP contribution in [-0.4, -0.2) is 57.4 Å². The summed E-state index contributed by atoms with van der Waals surface area (Å²) in [5.41, 5.74) is 1.68. The molecular weight excluding hydrogens is 395 g/mol. The zero-order chi connectivity index (χ0) is 21.8. The number of alkyl carbamates (subject to hydrolysis) is 1. The lowest BCUT2D eigenvalue weighted by molar-refractivity contribution is 0.0593. The Morgan fingerprint density at radius 3 is 2.83 bits per heavy atom. The fourth-order valence-electron chi connectivity index (χ4n) is 3.48. The van der Waals surface area contributed by atoms with E-state index in [0.29, 0.717) is 35.9 Å². The van der Waals surface area contributed by atoms with E-state index in [-0.39, 0.29) is 24.3 Å². The van der Waals surface area contributed by atoms with Crippen LogP contribution in [0.4, 0.5) is 15.0 Å². The molecule has 2 heterocycles. The fraction of sp³-hybridized carbons (Fsp3) is 0.579. The molecule has 1 fully saturated rings. The summed E-state index contributed by atoms with van der Waals surface area (Å²) in [4.78, 5) is 24.3. The average molecular weight is 422 g/mol. The Morgan fingerprint density at radius 1 is 1.37 bits per heavy atom. The summed E-state index contributed by atoms with van der Waals surface area (Å²) in [6, 6.07) is 3.22. The number of amides is 2.